The van der Waals surface area contributed by atoms with E-state index in [-0.39, 0.29) is 0 Å². The molecular formula is C24H27NO. The average molecular weight is 345 g/mol. The molecule has 0 spiro atoms. The summed E-state index contributed by atoms with van der Waals surface area (Å²) < 4.78 is 6.28. The second-order valence-corrected chi connectivity index (χ2v) is 6.71. The van der Waals surface area contributed by atoms with Gasteiger partial charge in [-0.3, -0.25) is 0 Å². The van der Waals surface area contributed by atoms with Crippen molar-refractivity contribution in [3.63, 3.8) is 0 Å². The Morgan fingerprint density at radius 1 is 0.731 bits per heavy atom. The van der Waals surface area contributed by atoms with Crippen LogP contribution in [-0.4, -0.2) is 20.7 Å². The Kier molecular flexibility index (Phi) is 6.32. The lowest BCUT2D eigenvalue weighted by Crippen LogP contribution is -2.12. The molecular weight excluding hydrogens is 318 g/mol. The number of hydrogen-bond donors (Lipinski definition) is 0. The fourth-order valence-electron chi connectivity index (χ4n) is 3.12. The van der Waals surface area contributed by atoms with E-state index in [0.717, 1.165) is 42.9 Å². The lowest BCUT2D eigenvalue weighted by atomic mass is 10.0. The van der Waals surface area contributed by atoms with Gasteiger partial charge in [-0.15, -0.1) is 0 Å². The van der Waals surface area contributed by atoms with Gasteiger partial charge in [0.2, 0.25) is 0 Å². The van der Waals surface area contributed by atoms with Crippen molar-refractivity contribution < 1.29 is 4.74 Å². The van der Waals surface area contributed by atoms with Crippen molar-refractivity contribution in [2.45, 2.75) is 19.3 Å². The predicted octanol–water partition coefficient (Wildman–Crippen LogP) is 5.82. The molecule has 0 radical (unpaired) electrons. The number of nitrogens with zero attached hydrogens (tertiary/aromatic N) is 1. The molecule has 0 amide bonds. The molecule has 0 heterocycles. The molecule has 0 fully saturated rings. The van der Waals surface area contributed by atoms with Crippen LogP contribution in [0.2, 0.25) is 0 Å². The molecule has 0 saturated carbocycles. The van der Waals surface area contributed by atoms with Crippen LogP contribution in [0.3, 0.4) is 0 Å². The fourth-order valence-corrected chi connectivity index (χ4v) is 3.12. The number of anilines is 1. The van der Waals surface area contributed by atoms with Gasteiger partial charge in [-0.1, -0.05) is 72.8 Å². The number of para-hydroxylation sites is 1. The maximum atomic E-state index is 6.28. The van der Waals surface area contributed by atoms with E-state index < -0.39 is 0 Å². The molecule has 0 bridgehead atoms. The molecule has 0 saturated heterocycles. The van der Waals surface area contributed by atoms with Gasteiger partial charge < -0.3 is 9.64 Å². The molecule has 0 unspecified atom stereocenters. The maximum Gasteiger partial charge on any atom is 0.150 e. The Bertz CT molecular complexity index is 797. The number of rotatable bonds is 8. The average Bonchev–Trinajstić information content (AvgIpc) is 2.69. The highest BCUT2D eigenvalue weighted by Crippen LogP contribution is 2.38. The zero-order valence-corrected chi connectivity index (χ0v) is 15.7. The van der Waals surface area contributed by atoms with Crippen molar-refractivity contribution in [3.8, 4) is 16.9 Å². The standard InChI is InChI=1S/C24H27NO/c1-25(2)23-18-11-17-22(21-15-7-4-8-16-21)24(23)26-19-10-9-14-20-12-5-3-6-13-20/h3-8,11-13,15-18H,9-10,14,19H2,1-2H3. The quantitative estimate of drug-likeness (QED) is 0.477. The van der Waals surface area contributed by atoms with Crippen LogP contribution < -0.4 is 9.64 Å². The lowest BCUT2D eigenvalue weighted by Gasteiger charge is -2.21. The summed E-state index contributed by atoms with van der Waals surface area (Å²) in [6, 6.07) is 27.5. The Hall–Kier alpha value is -2.74. The predicted molar refractivity (Wildman–Crippen MR) is 111 cm³/mol. The number of aryl methyl sites for hydroxylation is 1. The summed E-state index contributed by atoms with van der Waals surface area (Å²) in [7, 11) is 4.12. The van der Waals surface area contributed by atoms with Crippen molar-refractivity contribution in [3.05, 3.63) is 84.4 Å². The molecule has 0 aliphatic carbocycles. The van der Waals surface area contributed by atoms with Gasteiger partial charge in [-0.25, -0.2) is 0 Å². The van der Waals surface area contributed by atoms with Gasteiger partial charge >= 0.3 is 0 Å². The van der Waals surface area contributed by atoms with E-state index in [1.54, 1.807) is 0 Å². The van der Waals surface area contributed by atoms with Crippen LogP contribution in [0, 0.1) is 0 Å². The minimum Gasteiger partial charge on any atom is -0.491 e. The molecule has 0 aliphatic rings. The van der Waals surface area contributed by atoms with E-state index in [1.807, 2.05) is 6.07 Å². The zero-order chi connectivity index (χ0) is 18.2. The van der Waals surface area contributed by atoms with Gasteiger partial charge in [0.05, 0.1) is 12.3 Å². The van der Waals surface area contributed by atoms with Gasteiger partial charge in [0.25, 0.3) is 0 Å². The third kappa shape index (κ3) is 4.66. The summed E-state index contributed by atoms with van der Waals surface area (Å²) in [6.07, 6.45) is 3.28. The van der Waals surface area contributed by atoms with Crippen molar-refractivity contribution >= 4 is 5.69 Å². The van der Waals surface area contributed by atoms with E-state index in [9.17, 15) is 0 Å². The highest BCUT2D eigenvalue weighted by molar-refractivity contribution is 5.78. The SMILES string of the molecule is CN(C)c1cccc(-c2ccccc2)c1OCCCCc1ccccc1. The third-order valence-electron chi connectivity index (χ3n) is 4.51. The van der Waals surface area contributed by atoms with Gasteiger partial charge in [0, 0.05) is 19.7 Å². The summed E-state index contributed by atoms with van der Waals surface area (Å²) in [4.78, 5) is 2.12. The van der Waals surface area contributed by atoms with E-state index in [2.05, 4.69) is 91.8 Å². The number of benzene rings is 3. The summed E-state index contributed by atoms with van der Waals surface area (Å²) >= 11 is 0. The summed E-state index contributed by atoms with van der Waals surface area (Å²) in [5.41, 5.74) is 4.86. The van der Waals surface area contributed by atoms with Crippen LogP contribution in [0.1, 0.15) is 18.4 Å². The molecule has 2 nitrogen and oxygen atoms in total. The van der Waals surface area contributed by atoms with Gasteiger partial charge in [-0.05, 0) is 36.5 Å². The first kappa shape index (κ1) is 18.1. The highest BCUT2D eigenvalue weighted by Gasteiger charge is 2.13. The number of ether oxygens (including phenoxy) is 1. The molecule has 3 aromatic rings. The molecule has 0 aromatic heterocycles. The van der Waals surface area contributed by atoms with Crippen LogP contribution in [0.15, 0.2) is 78.9 Å². The molecule has 2 heteroatoms. The zero-order valence-electron chi connectivity index (χ0n) is 15.7. The first-order chi connectivity index (χ1) is 12.8. The smallest absolute Gasteiger partial charge is 0.150 e. The second-order valence-electron chi connectivity index (χ2n) is 6.71. The molecule has 0 aliphatic heterocycles. The first-order valence-corrected chi connectivity index (χ1v) is 9.28. The van der Waals surface area contributed by atoms with Crippen LogP contribution in [0.25, 0.3) is 11.1 Å². The van der Waals surface area contributed by atoms with Crippen LogP contribution in [0.5, 0.6) is 5.75 Å². The molecule has 0 atom stereocenters. The Labute approximate surface area is 157 Å². The molecule has 26 heavy (non-hydrogen) atoms. The van der Waals surface area contributed by atoms with Crippen molar-refractivity contribution in [2.75, 3.05) is 25.6 Å². The first-order valence-electron chi connectivity index (χ1n) is 9.28. The molecule has 0 N–H and O–H groups in total. The Balaban J connectivity index is 1.67. The Morgan fingerprint density at radius 3 is 2.12 bits per heavy atom. The van der Waals surface area contributed by atoms with Crippen molar-refractivity contribution in [1.82, 2.24) is 0 Å². The van der Waals surface area contributed by atoms with Crippen molar-refractivity contribution in [2.24, 2.45) is 0 Å². The normalized spacial score (nSPS) is 10.5. The molecule has 3 aromatic carbocycles. The van der Waals surface area contributed by atoms with E-state index in [0.29, 0.717) is 0 Å². The minimum absolute atomic E-state index is 0.734. The van der Waals surface area contributed by atoms with Crippen molar-refractivity contribution in [1.29, 1.82) is 0 Å². The fraction of sp³-hybridized carbons (Fsp3) is 0.250. The minimum atomic E-state index is 0.734. The van der Waals surface area contributed by atoms with Gasteiger partial charge in [0.15, 0.2) is 0 Å². The summed E-state index contributed by atoms with van der Waals surface area (Å²) in [5.74, 6) is 0.975. The van der Waals surface area contributed by atoms with Crippen LogP contribution >= 0.6 is 0 Å². The number of hydrogen-bond acceptors (Lipinski definition) is 2. The highest BCUT2D eigenvalue weighted by atomic mass is 16.5. The number of unbranched alkanes of at least 4 members (excludes halogenated alkanes) is 1. The van der Waals surface area contributed by atoms with Gasteiger partial charge in [0.1, 0.15) is 5.75 Å². The largest absolute Gasteiger partial charge is 0.491 e. The van der Waals surface area contributed by atoms with Crippen LogP contribution in [-0.2, 0) is 6.42 Å². The molecule has 134 valence electrons. The monoisotopic (exact) mass is 345 g/mol. The van der Waals surface area contributed by atoms with E-state index in [4.69, 9.17) is 4.74 Å². The third-order valence-corrected chi connectivity index (χ3v) is 4.51. The van der Waals surface area contributed by atoms with E-state index in [1.165, 1.54) is 11.1 Å². The topological polar surface area (TPSA) is 12.5 Å². The second kappa shape index (κ2) is 9.10. The Morgan fingerprint density at radius 2 is 1.42 bits per heavy atom. The summed E-state index contributed by atoms with van der Waals surface area (Å²) in [5, 5.41) is 0. The van der Waals surface area contributed by atoms with Crippen LogP contribution in [0.4, 0.5) is 5.69 Å². The summed E-state index contributed by atoms with van der Waals surface area (Å²) in [6.45, 7) is 0.734. The van der Waals surface area contributed by atoms with E-state index >= 15 is 0 Å². The van der Waals surface area contributed by atoms with Gasteiger partial charge in [-0.2, -0.15) is 0 Å². The molecule has 3 rings (SSSR count). The maximum absolute atomic E-state index is 6.28. The lowest BCUT2D eigenvalue weighted by molar-refractivity contribution is 0.309.